The Morgan fingerprint density at radius 3 is 2.79 bits per heavy atom. The summed E-state index contributed by atoms with van der Waals surface area (Å²) in [6, 6.07) is 3.99. The lowest BCUT2D eigenvalue weighted by molar-refractivity contribution is 0.139. The Hall–Kier alpha value is -0.890. The molecule has 1 unspecified atom stereocenters. The Balaban J connectivity index is 2.27. The smallest absolute Gasteiger partial charge is 0.0545 e. The highest BCUT2D eigenvalue weighted by atomic mass is 16.3. The van der Waals surface area contributed by atoms with Crippen LogP contribution in [0.2, 0.25) is 0 Å². The molecule has 1 aromatic heterocycles. The fourth-order valence-electron chi connectivity index (χ4n) is 1.54. The zero-order valence-corrected chi connectivity index (χ0v) is 8.98. The van der Waals surface area contributed by atoms with Crippen LogP contribution in [0.1, 0.15) is 32.3 Å². The molecule has 1 aromatic rings. The number of aliphatic hydroxyl groups excluding tert-OH is 1. The highest BCUT2D eigenvalue weighted by Gasteiger charge is 2.06. The van der Waals surface area contributed by atoms with E-state index in [1.54, 1.807) is 6.20 Å². The maximum absolute atomic E-state index is 9.66. The van der Waals surface area contributed by atoms with E-state index in [9.17, 15) is 5.11 Å². The third-order valence-electron chi connectivity index (χ3n) is 2.23. The normalized spacial score (nSPS) is 13.1. The molecule has 78 valence electrons. The fourth-order valence-corrected chi connectivity index (χ4v) is 1.54. The molecule has 1 rings (SSSR count). The van der Waals surface area contributed by atoms with Crippen LogP contribution in [-0.2, 0) is 6.42 Å². The molecule has 0 saturated heterocycles. The van der Waals surface area contributed by atoms with Gasteiger partial charge in [-0.05, 0) is 36.8 Å². The minimum absolute atomic E-state index is 0.171. The first-order chi connectivity index (χ1) is 6.68. The number of aryl methyl sites for hydroxylation is 1. The van der Waals surface area contributed by atoms with Gasteiger partial charge >= 0.3 is 0 Å². The Morgan fingerprint density at radius 2 is 2.21 bits per heavy atom. The lowest BCUT2D eigenvalue weighted by Crippen LogP contribution is -2.11. The fraction of sp³-hybridized carbons (Fsp3) is 0.583. The molecular weight excluding hydrogens is 174 g/mol. The Morgan fingerprint density at radius 1 is 1.43 bits per heavy atom. The second kappa shape index (κ2) is 5.76. The number of rotatable bonds is 5. The highest BCUT2D eigenvalue weighted by molar-refractivity contribution is 5.08. The van der Waals surface area contributed by atoms with Gasteiger partial charge in [-0.1, -0.05) is 19.9 Å². The first-order valence-corrected chi connectivity index (χ1v) is 5.25. The average molecular weight is 193 g/mol. The van der Waals surface area contributed by atoms with Crippen LogP contribution in [0.4, 0.5) is 0 Å². The average Bonchev–Trinajstić information content (AvgIpc) is 2.15. The third kappa shape index (κ3) is 4.38. The molecule has 0 aliphatic heterocycles. The van der Waals surface area contributed by atoms with Crippen molar-refractivity contribution < 1.29 is 5.11 Å². The number of aliphatic hydroxyl groups is 1. The van der Waals surface area contributed by atoms with E-state index in [0.717, 1.165) is 19.3 Å². The molecule has 1 N–H and O–H groups in total. The quantitative estimate of drug-likeness (QED) is 0.779. The van der Waals surface area contributed by atoms with E-state index >= 15 is 0 Å². The van der Waals surface area contributed by atoms with Gasteiger partial charge in [0.1, 0.15) is 0 Å². The molecular formula is C12H19NO. The van der Waals surface area contributed by atoms with Crippen molar-refractivity contribution in [3.05, 3.63) is 30.1 Å². The van der Waals surface area contributed by atoms with Gasteiger partial charge < -0.3 is 5.11 Å². The molecule has 1 heterocycles. The van der Waals surface area contributed by atoms with E-state index in [1.165, 1.54) is 5.56 Å². The van der Waals surface area contributed by atoms with Gasteiger partial charge in [-0.15, -0.1) is 0 Å². The van der Waals surface area contributed by atoms with E-state index in [0.29, 0.717) is 5.92 Å². The van der Waals surface area contributed by atoms with E-state index in [1.807, 2.05) is 12.3 Å². The van der Waals surface area contributed by atoms with E-state index in [-0.39, 0.29) is 6.10 Å². The van der Waals surface area contributed by atoms with Crippen molar-refractivity contribution in [1.82, 2.24) is 4.98 Å². The minimum Gasteiger partial charge on any atom is -0.393 e. The van der Waals surface area contributed by atoms with Gasteiger partial charge in [0, 0.05) is 12.4 Å². The van der Waals surface area contributed by atoms with Gasteiger partial charge in [0.25, 0.3) is 0 Å². The molecule has 2 nitrogen and oxygen atoms in total. The largest absolute Gasteiger partial charge is 0.393 e. The van der Waals surface area contributed by atoms with Crippen molar-refractivity contribution in [1.29, 1.82) is 0 Å². The van der Waals surface area contributed by atoms with Crippen molar-refractivity contribution in [2.24, 2.45) is 5.92 Å². The van der Waals surface area contributed by atoms with E-state index < -0.39 is 0 Å². The van der Waals surface area contributed by atoms with Gasteiger partial charge in [-0.25, -0.2) is 0 Å². The molecule has 0 spiro atoms. The lowest BCUT2D eigenvalue weighted by Gasteiger charge is -2.12. The number of hydrogen-bond donors (Lipinski definition) is 1. The number of nitrogens with zero attached hydrogens (tertiary/aromatic N) is 1. The summed E-state index contributed by atoms with van der Waals surface area (Å²) in [7, 11) is 0. The van der Waals surface area contributed by atoms with Crippen molar-refractivity contribution in [2.75, 3.05) is 0 Å². The molecule has 0 saturated carbocycles. The molecule has 0 aliphatic rings. The Labute approximate surface area is 86.0 Å². The minimum atomic E-state index is -0.171. The van der Waals surface area contributed by atoms with Crippen LogP contribution in [0.25, 0.3) is 0 Å². The predicted molar refractivity (Wildman–Crippen MR) is 58.0 cm³/mol. The second-order valence-corrected chi connectivity index (χ2v) is 4.18. The van der Waals surface area contributed by atoms with Crippen LogP contribution >= 0.6 is 0 Å². The highest BCUT2D eigenvalue weighted by Crippen LogP contribution is 2.10. The zero-order valence-electron chi connectivity index (χ0n) is 8.98. The van der Waals surface area contributed by atoms with Gasteiger partial charge in [0.2, 0.25) is 0 Å². The summed E-state index contributed by atoms with van der Waals surface area (Å²) in [5.74, 6) is 0.568. The molecule has 0 aromatic carbocycles. The summed E-state index contributed by atoms with van der Waals surface area (Å²) < 4.78 is 0. The zero-order chi connectivity index (χ0) is 10.4. The monoisotopic (exact) mass is 193 g/mol. The predicted octanol–water partition coefficient (Wildman–Crippen LogP) is 2.42. The summed E-state index contributed by atoms with van der Waals surface area (Å²) in [5, 5.41) is 9.66. The van der Waals surface area contributed by atoms with Crippen LogP contribution in [0.3, 0.4) is 0 Å². The molecule has 0 amide bonds. The third-order valence-corrected chi connectivity index (χ3v) is 2.23. The van der Waals surface area contributed by atoms with Crippen molar-refractivity contribution in [3.63, 3.8) is 0 Å². The van der Waals surface area contributed by atoms with Gasteiger partial charge in [0.15, 0.2) is 0 Å². The molecule has 2 heteroatoms. The molecule has 0 aliphatic carbocycles. The first kappa shape index (κ1) is 11.2. The van der Waals surface area contributed by atoms with Crippen LogP contribution < -0.4 is 0 Å². The molecule has 0 bridgehead atoms. The van der Waals surface area contributed by atoms with Crippen LogP contribution in [0.5, 0.6) is 0 Å². The van der Waals surface area contributed by atoms with Crippen LogP contribution in [0.15, 0.2) is 24.5 Å². The lowest BCUT2D eigenvalue weighted by atomic mass is 10.0. The summed E-state index contributed by atoms with van der Waals surface area (Å²) >= 11 is 0. The second-order valence-electron chi connectivity index (χ2n) is 4.18. The van der Waals surface area contributed by atoms with Crippen LogP contribution in [-0.4, -0.2) is 16.2 Å². The van der Waals surface area contributed by atoms with E-state index in [4.69, 9.17) is 0 Å². The summed E-state index contributed by atoms with van der Waals surface area (Å²) in [6.45, 7) is 4.26. The topological polar surface area (TPSA) is 33.1 Å². The number of aromatic nitrogens is 1. The number of pyridine rings is 1. The van der Waals surface area contributed by atoms with Crippen molar-refractivity contribution in [2.45, 2.75) is 39.2 Å². The molecule has 14 heavy (non-hydrogen) atoms. The SMILES string of the molecule is CC(C)CC(O)CCc1cccnc1. The summed E-state index contributed by atoms with van der Waals surface area (Å²) in [4.78, 5) is 4.04. The van der Waals surface area contributed by atoms with Crippen molar-refractivity contribution >= 4 is 0 Å². The Kier molecular flexibility index (Phi) is 4.60. The molecule has 0 fully saturated rings. The number of hydrogen-bond acceptors (Lipinski definition) is 2. The van der Waals surface area contributed by atoms with Gasteiger partial charge in [0.05, 0.1) is 6.10 Å². The molecule has 0 radical (unpaired) electrons. The Bertz CT molecular complexity index is 246. The maximum Gasteiger partial charge on any atom is 0.0545 e. The van der Waals surface area contributed by atoms with Crippen LogP contribution in [0, 0.1) is 5.92 Å². The van der Waals surface area contributed by atoms with Gasteiger partial charge in [-0.3, -0.25) is 4.98 Å². The van der Waals surface area contributed by atoms with E-state index in [2.05, 4.69) is 24.9 Å². The standard InChI is InChI=1S/C12H19NO/c1-10(2)8-12(14)6-5-11-4-3-7-13-9-11/h3-4,7,9-10,12,14H,5-6,8H2,1-2H3. The maximum atomic E-state index is 9.66. The van der Waals surface area contributed by atoms with Gasteiger partial charge in [-0.2, -0.15) is 0 Å². The first-order valence-electron chi connectivity index (χ1n) is 5.25. The summed E-state index contributed by atoms with van der Waals surface area (Å²) in [5.41, 5.74) is 1.20. The molecule has 1 atom stereocenters. The van der Waals surface area contributed by atoms with Crippen molar-refractivity contribution in [3.8, 4) is 0 Å². The summed E-state index contributed by atoms with van der Waals surface area (Å²) in [6.07, 6.45) is 6.11.